The third-order valence-electron chi connectivity index (χ3n) is 4.63. The third kappa shape index (κ3) is 4.91. The lowest BCUT2D eigenvalue weighted by Crippen LogP contribution is -2.42. The van der Waals surface area contributed by atoms with Gasteiger partial charge in [0.2, 0.25) is 15.9 Å². The summed E-state index contributed by atoms with van der Waals surface area (Å²) in [5, 5.41) is 2.84. The molecule has 5 nitrogen and oxygen atoms in total. The zero-order chi connectivity index (χ0) is 19.6. The SMILES string of the molecule is Cc1ccc(C)c(Sc2ccc(NC(=O)C3CCCN3S(C)(=O)=O)cc2)c1. The third-order valence-corrected chi connectivity index (χ3v) is 7.08. The quantitative estimate of drug-likeness (QED) is 0.823. The summed E-state index contributed by atoms with van der Waals surface area (Å²) in [6, 6.07) is 13.4. The average molecular weight is 405 g/mol. The lowest BCUT2D eigenvalue weighted by Gasteiger charge is -2.21. The van der Waals surface area contributed by atoms with Gasteiger partial charge in [-0.2, -0.15) is 4.31 Å². The largest absolute Gasteiger partial charge is 0.325 e. The van der Waals surface area contributed by atoms with Crippen LogP contribution < -0.4 is 5.32 Å². The Kier molecular flexibility index (Phi) is 5.93. The van der Waals surface area contributed by atoms with Crippen molar-refractivity contribution in [3.63, 3.8) is 0 Å². The molecule has 0 aromatic heterocycles. The van der Waals surface area contributed by atoms with Gasteiger partial charge in [-0.25, -0.2) is 8.42 Å². The van der Waals surface area contributed by atoms with Gasteiger partial charge in [-0.3, -0.25) is 4.79 Å². The topological polar surface area (TPSA) is 66.5 Å². The van der Waals surface area contributed by atoms with Gasteiger partial charge in [0.15, 0.2) is 0 Å². The van der Waals surface area contributed by atoms with Crippen molar-refractivity contribution in [1.29, 1.82) is 0 Å². The molecule has 1 fully saturated rings. The van der Waals surface area contributed by atoms with Crippen LogP contribution in [0, 0.1) is 13.8 Å². The average Bonchev–Trinajstić information content (AvgIpc) is 3.10. The Morgan fingerprint density at radius 2 is 1.85 bits per heavy atom. The molecule has 2 aromatic rings. The summed E-state index contributed by atoms with van der Waals surface area (Å²) >= 11 is 1.68. The van der Waals surface area contributed by atoms with Crippen LogP contribution in [-0.2, 0) is 14.8 Å². The van der Waals surface area contributed by atoms with E-state index in [4.69, 9.17) is 0 Å². The van der Waals surface area contributed by atoms with E-state index in [-0.39, 0.29) is 5.91 Å². The fourth-order valence-corrected chi connectivity index (χ4v) is 5.30. The molecular weight excluding hydrogens is 380 g/mol. The second-order valence-corrected chi connectivity index (χ2v) is 9.97. The monoisotopic (exact) mass is 404 g/mol. The maximum absolute atomic E-state index is 12.5. The van der Waals surface area contributed by atoms with E-state index in [0.717, 1.165) is 11.2 Å². The van der Waals surface area contributed by atoms with Crippen LogP contribution in [0.1, 0.15) is 24.0 Å². The molecule has 0 aliphatic carbocycles. The molecule has 1 amide bonds. The second kappa shape index (κ2) is 8.04. The standard InChI is InChI=1S/C20H24N2O3S2/c1-14-6-7-15(2)19(13-14)26-17-10-8-16(9-11-17)21-20(23)18-5-4-12-22(18)27(3,24)25/h6-11,13,18H,4-5,12H2,1-3H3,(H,21,23). The number of hydrogen-bond donors (Lipinski definition) is 1. The molecule has 144 valence electrons. The van der Waals surface area contributed by atoms with Gasteiger partial charge >= 0.3 is 0 Å². The highest BCUT2D eigenvalue weighted by molar-refractivity contribution is 7.99. The molecule has 1 atom stereocenters. The maximum Gasteiger partial charge on any atom is 0.242 e. The number of aryl methyl sites for hydroxylation is 2. The molecule has 1 heterocycles. The van der Waals surface area contributed by atoms with Crippen LogP contribution in [0.3, 0.4) is 0 Å². The summed E-state index contributed by atoms with van der Waals surface area (Å²) in [6.07, 6.45) is 2.41. The molecule has 7 heteroatoms. The van der Waals surface area contributed by atoms with Gasteiger partial charge in [0, 0.05) is 22.0 Å². The number of benzene rings is 2. The van der Waals surface area contributed by atoms with Crippen LogP contribution in [-0.4, -0.2) is 37.5 Å². The molecule has 2 aromatic carbocycles. The molecule has 1 N–H and O–H groups in total. The van der Waals surface area contributed by atoms with Gasteiger partial charge in [0.25, 0.3) is 0 Å². The zero-order valence-electron chi connectivity index (χ0n) is 15.7. The highest BCUT2D eigenvalue weighted by Gasteiger charge is 2.36. The molecule has 3 rings (SSSR count). The molecule has 1 saturated heterocycles. The summed E-state index contributed by atoms with van der Waals surface area (Å²) in [5.74, 6) is -0.271. The number of carbonyl (C=O) groups excluding carboxylic acids is 1. The first-order chi connectivity index (χ1) is 12.7. The van der Waals surface area contributed by atoms with Crippen molar-refractivity contribution in [2.45, 2.75) is 42.5 Å². The Balaban J connectivity index is 1.67. The predicted molar refractivity (Wildman–Crippen MR) is 110 cm³/mol. The van der Waals surface area contributed by atoms with Crippen LogP contribution in [0.5, 0.6) is 0 Å². The number of hydrogen-bond acceptors (Lipinski definition) is 4. The molecule has 1 aliphatic heterocycles. The van der Waals surface area contributed by atoms with E-state index in [1.54, 1.807) is 11.8 Å². The summed E-state index contributed by atoms with van der Waals surface area (Å²) in [7, 11) is -3.37. The molecule has 1 unspecified atom stereocenters. The highest BCUT2D eigenvalue weighted by atomic mass is 32.2. The first-order valence-electron chi connectivity index (χ1n) is 8.87. The molecule has 0 bridgehead atoms. The van der Waals surface area contributed by atoms with Gasteiger partial charge in [-0.05, 0) is 68.1 Å². The minimum absolute atomic E-state index is 0.271. The Labute approximate surface area is 165 Å². The predicted octanol–water partition coefficient (Wildman–Crippen LogP) is 3.82. The Morgan fingerprint density at radius 1 is 1.15 bits per heavy atom. The molecule has 0 spiro atoms. The molecule has 0 saturated carbocycles. The lowest BCUT2D eigenvalue weighted by atomic mass is 10.2. The number of carbonyl (C=O) groups is 1. The van der Waals surface area contributed by atoms with Crippen molar-refractivity contribution in [2.24, 2.45) is 0 Å². The number of amides is 1. The maximum atomic E-state index is 12.5. The summed E-state index contributed by atoms with van der Waals surface area (Å²) in [6.45, 7) is 4.57. The van der Waals surface area contributed by atoms with Crippen LogP contribution in [0.15, 0.2) is 52.3 Å². The number of nitrogens with zero attached hydrogens (tertiary/aromatic N) is 1. The summed E-state index contributed by atoms with van der Waals surface area (Å²) in [5.41, 5.74) is 3.12. The first-order valence-corrected chi connectivity index (χ1v) is 11.5. The molecular formula is C20H24N2O3S2. The minimum Gasteiger partial charge on any atom is -0.325 e. The van der Waals surface area contributed by atoms with Crippen molar-refractivity contribution < 1.29 is 13.2 Å². The van der Waals surface area contributed by atoms with Crippen molar-refractivity contribution in [3.8, 4) is 0 Å². The van der Waals surface area contributed by atoms with Crippen molar-refractivity contribution in [1.82, 2.24) is 4.31 Å². The fraction of sp³-hybridized carbons (Fsp3) is 0.350. The van der Waals surface area contributed by atoms with E-state index in [1.165, 1.54) is 20.3 Å². The zero-order valence-corrected chi connectivity index (χ0v) is 17.4. The van der Waals surface area contributed by atoms with Gasteiger partial charge in [-0.1, -0.05) is 23.9 Å². The van der Waals surface area contributed by atoms with Crippen LogP contribution >= 0.6 is 11.8 Å². The molecule has 1 aliphatic rings. The fourth-order valence-electron chi connectivity index (χ4n) is 3.18. The van der Waals surface area contributed by atoms with E-state index < -0.39 is 16.1 Å². The highest BCUT2D eigenvalue weighted by Crippen LogP contribution is 2.31. The number of rotatable bonds is 5. The van der Waals surface area contributed by atoms with Crippen LogP contribution in [0.2, 0.25) is 0 Å². The van der Waals surface area contributed by atoms with Crippen LogP contribution in [0.4, 0.5) is 5.69 Å². The van der Waals surface area contributed by atoms with E-state index in [1.807, 2.05) is 24.3 Å². The lowest BCUT2D eigenvalue weighted by molar-refractivity contribution is -0.119. The van der Waals surface area contributed by atoms with Gasteiger partial charge in [-0.15, -0.1) is 0 Å². The van der Waals surface area contributed by atoms with E-state index >= 15 is 0 Å². The van der Waals surface area contributed by atoms with Gasteiger partial charge in [0.05, 0.1) is 6.26 Å². The van der Waals surface area contributed by atoms with Crippen molar-refractivity contribution in [3.05, 3.63) is 53.6 Å². The summed E-state index contributed by atoms with van der Waals surface area (Å²) < 4.78 is 24.9. The van der Waals surface area contributed by atoms with E-state index in [9.17, 15) is 13.2 Å². The minimum atomic E-state index is -3.37. The molecule has 0 radical (unpaired) electrons. The normalized spacial score (nSPS) is 17.8. The van der Waals surface area contributed by atoms with Crippen LogP contribution in [0.25, 0.3) is 0 Å². The van der Waals surface area contributed by atoms with Gasteiger partial charge in [0.1, 0.15) is 6.04 Å². The van der Waals surface area contributed by atoms with Gasteiger partial charge < -0.3 is 5.32 Å². The van der Waals surface area contributed by atoms with E-state index in [2.05, 4.69) is 37.4 Å². The number of nitrogens with one attached hydrogen (secondary N) is 1. The Bertz CT molecular complexity index is 940. The summed E-state index contributed by atoms with van der Waals surface area (Å²) in [4.78, 5) is 14.8. The Hall–Kier alpha value is -1.83. The van der Waals surface area contributed by atoms with E-state index in [0.29, 0.717) is 25.1 Å². The van der Waals surface area contributed by atoms with Crippen molar-refractivity contribution >= 4 is 33.4 Å². The number of sulfonamides is 1. The first kappa shape index (κ1) is 19.9. The smallest absolute Gasteiger partial charge is 0.242 e. The molecule has 27 heavy (non-hydrogen) atoms. The second-order valence-electron chi connectivity index (χ2n) is 6.92. The Morgan fingerprint density at radius 3 is 2.52 bits per heavy atom. The number of anilines is 1. The van der Waals surface area contributed by atoms with Crippen molar-refractivity contribution in [2.75, 3.05) is 18.1 Å².